The van der Waals surface area contributed by atoms with Gasteiger partial charge in [-0.2, -0.15) is 0 Å². The molecule has 0 amide bonds. The van der Waals surface area contributed by atoms with Gasteiger partial charge >= 0.3 is 0 Å². The van der Waals surface area contributed by atoms with Crippen molar-refractivity contribution in [1.29, 1.82) is 0 Å². The molecule has 0 atom stereocenters. The van der Waals surface area contributed by atoms with Crippen molar-refractivity contribution in [3.05, 3.63) is 76.9 Å². The molecule has 1 aromatic rings. The average molecular weight is 416 g/mol. The fraction of sp³-hybridized carbons (Fsp3) is 0.433. The average Bonchev–Trinajstić information content (AvgIpc) is 3.24. The van der Waals surface area contributed by atoms with E-state index in [1.165, 1.54) is 59.3 Å². The maximum absolute atomic E-state index is 5.31. The van der Waals surface area contributed by atoms with Crippen molar-refractivity contribution < 1.29 is 0 Å². The molecule has 1 aromatic carbocycles. The monoisotopic (exact) mass is 415 g/mol. The lowest BCUT2D eigenvalue weighted by atomic mass is 9.89. The zero-order valence-corrected chi connectivity index (χ0v) is 20.6. The van der Waals surface area contributed by atoms with E-state index in [-0.39, 0.29) is 0 Å². The summed E-state index contributed by atoms with van der Waals surface area (Å²) in [6.45, 7) is 21.3. The van der Waals surface area contributed by atoms with Crippen molar-refractivity contribution in [2.45, 2.75) is 73.6 Å². The van der Waals surface area contributed by atoms with Crippen LogP contribution in [0.15, 0.2) is 70.8 Å². The van der Waals surface area contributed by atoms with Crippen molar-refractivity contribution in [3.8, 4) is 12.3 Å². The third-order valence-corrected chi connectivity index (χ3v) is 5.82. The van der Waals surface area contributed by atoms with Gasteiger partial charge in [0, 0.05) is 11.3 Å². The number of terminal acetylenes is 1. The van der Waals surface area contributed by atoms with Crippen LogP contribution in [0.25, 0.3) is 5.57 Å². The highest BCUT2D eigenvalue weighted by Gasteiger charge is 2.09. The van der Waals surface area contributed by atoms with Crippen LogP contribution in [-0.2, 0) is 0 Å². The Hall–Kier alpha value is -2.59. The lowest BCUT2D eigenvalue weighted by Gasteiger charge is -2.17. The molecule has 1 heteroatoms. The van der Waals surface area contributed by atoms with E-state index in [0.29, 0.717) is 5.92 Å². The van der Waals surface area contributed by atoms with Gasteiger partial charge in [-0.25, -0.2) is 0 Å². The second-order valence-corrected chi connectivity index (χ2v) is 8.80. The summed E-state index contributed by atoms with van der Waals surface area (Å²) in [5.74, 6) is 3.27. The van der Waals surface area contributed by atoms with Crippen molar-refractivity contribution in [2.24, 2.45) is 10.9 Å². The smallest absolute Gasteiger partial charge is 0.0649 e. The highest BCUT2D eigenvalue weighted by atomic mass is 14.8. The van der Waals surface area contributed by atoms with E-state index in [1.54, 1.807) is 5.57 Å². The van der Waals surface area contributed by atoms with Crippen molar-refractivity contribution in [3.63, 3.8) is 0 Å². The largest absolute Gasteiger partial charge is 0.285 e. The zero-order chi connectivity index (χ0) is 23.4. The van der Waals surface area contributed by atoms with Crippen LogP contribution in [0.5, 0.6) is 0 Å². The van der Waals surface area contributed by atoms with Gasteiger partial charge in [0.15, 0.2) is 0 Å². The fourth-order valence-corrected chi connectivity index (χ4v) is 3.28. The van der Waals surface area contributed by atoms with E-state index in [9.17, 15) is 0 Å². The Kier molecular flexibility index (Phi) is 11.7. The van der Waals surface area contributed by atoms with Crippen LogP contribution in [0, 0.1) is 18.3 Å². The molecule has 0 spiro atoms. The number of benzene rings is 1. The molecule has 1 aliphatic carbocycles. The van der Waals surface area contributed by atoms with Crippen LogP contribution in [0.3, 0.4) is 0 Å². The van der Waals surface area contributed by atoms with Crippen molar-refractivity contribution >= 4 is 11.3 Å². The Balaban J connectivity index is 0.000000260. The molecule has 1 nitrogen and oxygen atoms in total. The lowest BCUT2D eigenvalue weighted by molar-refractivity contribution is 0.677. The Labute approximate surface area is 191 Å². The molecular weight excluding hydrogens is 374 g/mol. The summed E-state index contributed by atoms with van der Waals surface area (Å²) in [7, 11) is 0. The van der Waals surface area contributed by atoms with Crippen LogP contribution < -0.4 is 0 Å². The summed E-state index contributed by atoms with van der Waals surface area (Å²) < 4.78 is 0. The van der Waals surface area contributed by atoms with Crippen LogP contribution in [0.1, 0.15) is 84.8 Å². The molecule has 31 heavy (non-hydrogen) atoms. The van der Waals surface area contributed by atoms with Gasteiger partial charge < -0.3 is 0 Å². The van der Waals surface area contributed by atoms with Gasteiger partial charge in [0.2, 0.25) is 0 Å². The minimum atomic E-state index is 0.657. The van der Waals surface area contributed by atoms with E-state index in [4.69, 9.17) is 6.42 Å². The van der Waals surface area contributed by atoms with Crippen molar-refractivity contribution in [2.75, 3.05) is 6.54 Å². The molecule has 0 saturated heterocycles. The minimum absolute atomic E-state index is 0.657. The molecular formula is C30H41N. The molecule has 2 aliphatic rings. The summed E-state index contributed by atoms with van der Waals surface area (Å²) >= 11 is 0. The quantitative estimate of drug-likeness (QED) is 0.345. The van der Waals surface area contributed by atoms with E-state index in [1.807, 2.05) is 19.1 Å². The van der Waals surface area contributed by atoms with Gasteiger partial charge in [0.1, 0.15) is 0 Å². The fourth-order valence-electron chi connectivity index (χ4n) is 3.28. The number of aliphatic imine (C=N–C) groups is 1. The highest BCUT2D eigenvalue weighted by molar-refractivity contribution is 6.04. The first-order valence-electron chi connectivity index (χ1n) is 11.5. The van der Waals surface area contributed by atoms with E-state index < -0.39 is 0 Å². The van der Waals surface area contributed by atoms with Gasteiger partial charge in [0.25, 0.3) is 0 Å². The number of allylic oxidation sites excluding steroid dienone is 5. The Morgan fingerprint density at radius 3 is 2.06 bits per heavy atom. The SMILES string of the molecule is C#Cc1ccc(C2=CC(CC)=NC2)cc1.C=C(C)C(C)C.C=C(C)C1=C(C)CCCC1. The summed E-state index contributed by atoms with van der Waals surface area (Å²) in [6, 6.07) is 8.07. The van der Waals surface area contributed by atoms with Crippen LogP contribution in [0.2, 0.25) is 0 Å². The Bertz CT molecular complexity index is 879. The molecule has 0 bridgehead atoms. The van der Waals surface area contributed by atoms with Crippen molar-refractivity contribution in [1.82, 2.24) is 0 Å². The maximum Gasteiger partial charge on any atom is 0.0649 e. The van der Waals surface area contributed by atoms with Gasteiger partial charge in [0.05, 0.1) is 6.54 Å². The normalized spacial score (nSPS) is 15.0. The molecule has 0 aromatic heterocycles. The standard InChI is InChI=1S/C14H13N.C10H16.C6H12/c1-3-11-5-7-12(8-6-11)13-9-14(4-2)15-10-13;1-8(2)10-7-5-4-6-9(10)3;1-5(2)6(3)4/h1,5-9H,4,10H2,2H3;1,4-7H2,2-3H3;6H,1H2,2-4H3. The molecule has 0 unspecified atom stereocenters. The first kappa shape index (κ1) is 26.4. The molecule has 3 rings (SSSR count). The second kappa shape index (κ2) is 13.7. The second-order valence-electron chi connectivity index (χ2n) is 8.80. The molecule has 0 saturated carbocycles. The number of hydrogen-bond acceptors (Lipinski definition) is 1. The maximum atomic E-state index is 5.31. The molecule has 0 radical (unpaired) electrons. The zero-order valence-electron chi connectivity index (χ0n) is 20.6. The third-order valence-electron chi connectivity index (χ3n) is 5.82. The first-order chi connectivity index (χ1) is 14.7. The lowest BCUT2D eigenvalue weighted by Crippen LogP contribution is -1.97. The third kappa shape index (κ3) is 9.39. The van der Waals surface area contributed by atoms with E-state index >= 15 is 0 Å². The predicted octanol–water partition coefficient (Wildman–Crippen LogP) is 8.59. The summed E-state index contributed by atoms with van der Waals surface area (Å²) in [5.41, 5.74) is 10.3. The van der Waals surface area contributed by atoms with Gasteiger partial charge in [-0.15, -0.1) is 6.42 Å². The van der Waals surface area contributed by atoms with Gasteiger partial charge in [-0.1, -0.05) is 68.7 Å². The highest BCUT2D eigenvalue weighted by Crippen LogP contribution is 2.28. The molecule has 0 N–H and O–H groups in total. The summed E-state index contributed by atoms with van der Waals surface area (Å²) in [6.07, 6.45) is 13.8. The summed E-state index contributed by atoms with van der Waals surface area (Å²) in [5, 5.41) is 0. The Morgan fingerprint density at radius 1 is 1.10 bits per heavy atom. The molecule has 0 fully saturated rings. The van der Waals surface area contributed by atoms with Crippen LogP contribution in [0.4, 0.5) is 0 Å². The molecule has 166 valence electrons. The van der Waals surface area contributed by atoms with E-state index in [0.717, 1.165) is 18.5 Å². The first-order valence-corrected chi connectivity index (χ1v) is 11.5. The summed E-state index contributed by atoms with van der Waals surface area (Å²) in [4.78, 5) is 4.44. The van der Waals surface area contributed by atoms with Gasteiger partial charge in [-0.3, -0.25) is 4.99 Å². The van der Waals surface area contributed by atoms with Gasteiger partial charge in [-0.05, 0) is 93.7 Å². The number of rotatable bonds is 4. The van der Waals surface area contributed by atoms with Crippen LogP contribution in [-0.4, -0.2) is 12.3 Å². The molecule has 1 aliphatic heterocycles. The minimum Gasteiger partial charge on any atom is -0.285 e. The predicted molar refractivity (Wildman–Crippen MR) is 141 cm³/mol. The number of nitrogens with zero attached hydrogens (tertiary/aromatic N) is 1. The number of hydrogen-bond donors (Lipinski definition) is 0. The van der Waals surface area contributed by atoms with Crippen LogP contribution >= 0.6 is 0 Å². The Morgan fingerprint density at radius 2 is 1.68 bits per heavy atom. The molecule has 1 heterocycles. The van der Waals surface area contributed by atoms with E-state index in [2.05, 4.69) is 76.9 Å². The topological polar surface area (TPSA) is 12.4 Å².